The minimum atomic E-state index is -0.727. The molecule has 2 rings (SSSR count). The summed E-state index contributed by atoms with van der Waals surface area (Å²) in [6.45, 7) is 2.33. The molecule has 1 saturated heterocycles. The van der Waals surface area contributed by atoms with Crippen LogP contribution in [0.4, 0.5) is 0 Å². The zero-order valence-electron chi connectivity index (χ0n) is 11.4. The number of hydrogen-bond acceptors (Lipinski definition) is 4. The first-order valence-corrected chi connectivity index (χ1v) is 6.67. The van der Waals surface area contributed by atoms with Crippen LogP contribution in [-0.2, 0) is 14.3 Å². The van der Waals surface area contributed by atoms with Crippen LogP contribution in [0.1, 0.15) is 23.7 Å². The molecule has 1 aliphatic heterocycles. The lowest BCUT2D eigenvalue weighted by Crippen LogP contribution is -2.46. The van der Waals surface area contributed by atoms with Gasteiger partial charge in [0.05, 0.1) is 13.2 Å². The van der Waals surface area contributed by atoms with Crippen molar-refractivity contribution in [1.29, 1.82) is 0 Å². The van der Waals surface area contributed by atoms with E-state index in [9.17, 15) is 14.4 Å². The molecule has 5 heteroatoms. The molecule has 5 nitrogen and oxygen atoms in total. The predicted octanol–water partition coefficient (Wildman–Crippen LogP) is 1.28. The highest BCUT2D eigenvalue weighted by molar-refractivity contribution is 6.04. The smallest absolute Gasteiger partial charge is 0.316 e. The molecule has 0 saturated carbocycles. The maximum atomic E-state index is 12.2. The van der Waals surface area contributed by atoms with Crippen LogP contribution in [0.2, 0.25) is 0 Å². The van der Waals surface area contributed by atoms with Gasteiger partial charge in [0, 0.05) is 12.1 Å². The Labute approximate surface area is 117 Å². The molecule has 20 heavy (non-hydrogen) atoms. The molecule has 1 fully saturated rings. The number of ether oxygens (including phenoxy) is 1. The van der Waals surface area contributed by atoms with Gasteiger partial charge in [-0.15, -0.1) is 0 Å². The fourth-order valence-electron chi connectivity index (χ4n) is 2.25. The average molecular weight is 275 g/mol. The Morgan fingerprint density at radius 3 is 2.60 bits per heavy atom. The van der Waals surface area contributed by atoms with Gasteiger partial charge >= 0.3 is 5.97 Å². The number of hydrogen-bond donors (Lipinski definition) is 0. The summed E-state index contributed by atoms with van der Waals surface area (Å²) in [6.07, 6.45) is 0.330. The molecule has 1 aliphatic rings. The molecule has 0 N–H and O–H groups in total. The van der Waals surface area contributed by atoms with Gasteiger partial charge in [-0.2, -0.15) is 0 Å². The average Bonchev–Trinajstić information content (AvgIpc) is 2.47. The first-order valence-electron chi connectivity index (χ1n) is 6.67. The summed E-state index contributed by atoms with van der Waals surface area (Å²) in [7, 11) is 0. The number of Topliss-reactive ketones (excluding diaryl/α,β-unsaturated/α-hetero) is 1. The van der Waals surface area contributed by atoms with Crippen LogP contribution in [0.3, 0.4) is 0 Å². The van der Waals surface area contributed by atoms with Crippen LogP contribution < -0.4 is 0 Å². The highest BCUT2D eigenvalue weighted by Crippen LogP contribution is 2.17. The molecule has 1 heterocycles. The van der Waals surface area contributed by atoms with Gasteiger partial charge in [0.25, 0.3) is 5.91 Å². The predicted molar refractivity (Wildman–Crippen MR) is 72.1 cm³/mol. The summed E-state index contributed by atoms with van der Waals surface area (Å²) >= 11 is 0. The Hall–Kier alpha value is -2.17. The molecule has 1 aromatic carbocycles. The number of carbonyl (C=O) groups is 3. The van der Waals surface area contributed by atoms with Crippen molar-refractivity contribution in [3.05, 3.63) is 35.9 Å². The largest absolute Gasteiger partial charge is 0.465 e. The summed E-state index contributed by atoms with van der Waals surface area (Å²) in [5.41, 5.74) is 0.551. The summed E-state index contributed by atoms with van der Waals surface area (Å²) in [6, 6.07) is 8.81. The lowest BCUT2D eigenvalue weighted by atomic mass is 9.95. The SMILES string of the molecule is CCOC(=O)C1CCN(C(=O)c2ccccc2)CC1=O. The molecular weight excluding hydrogens is 258 g/mol. The lowest BCUT2D eigenvalue weighted by Gasteiger charge is -2.29. The van der Waals surface area contributed by atoms with E-state index in [1.54, 1.807) is 31.2 Å². The summed E-state index contributed by atoms with van der Waals surface area (Å²) in [4.78, 5) is 37.3. The summed E-state index contributed by atoms with van der Waals surface area (Å²) in [5.74, 6) is -1.64. The second-order valence-electron chi connectivity index (χ2n) is 4.65. The molecule has 0 radical (unpaired) electrons. The van der Waals surface area contributed by atoms with Crippen LogP contribution in [0.25, 0.3) is 0 Å². The summed E-state index contributed by atoms with van der Waals surface area (Å²) in [5, 5.41) is 0. The molecule has 0 aliphatic carbocycles. The van der Waals surface area contributed by atoms with Gasteiger partial charge in [0.15, 0.2) is 5.78 Å². The van der Waals surface area contributed by atoms with E-state index in [0.717, 1.165) is 0 Å². The molecule has 1 unspecified atom stereocenters. The van der Waals surface area contributed by atoms with Gasteiger partial charge in [0.1, 0.15) is 5.92 Å². The van der Waals surface area contributed by atoms with Crippen LogP contribution in [0.15, 0.2) is 30.3 Å². The first-order chi connectivity index (χ1) is 9.63. The fourth-order valence-corrected chi connectivity index (χ4v) is 2.25. The van der Waals surface area contributed by atoms with Gasteiger partial charge < -0.3 is 9.64 Å². The minimum absolute atomic E-state index is 0.0305. The molecule has 106 valence electrons. The Morgan fingerprint density at radius 1 is 1.30 bits per heavy atom. The number of rotatable bonds is 3. The first kappa shape index (κ1) is 14.2. The van der Waals surface area contributed by atoms with Crippen molar-refractivity contribution in [3.8, 4) is 0 Å². The Bertz CT molecular complexity index is 512. The number of ketones is 1. The van der Waals surface area contributed by atoms with E-state index in [0.29, 0.717) is 18.5 Å². The van der Waals surface area contributed by atoms with Crippen molar-refractivity contribution < 1.29 is 19.1 Å². The topological polar surface area (TPSA) is 63.7 Å². The van der Waals surface area contributed by atoms with E-state index in [4.69, 9.17) is 4.74 Å². The number of esters is 1. The van der Waals surface area contributed by atoms with Crippen molar-refractivity contribution in [2.45, 2.75) is 13.3 Å². The third kappa shape index (κ3) is 3.04. The van der Waals surface area contributed by atoms with E-state index in [1.165, 1.54) is 4.90 Å². The van der Waals surface area contributed by atoms with Crippen molar-refractivity contribution in [2.24, 2.45) is 5.92 Å². The van der Waals surface area contributed by atoms with Crippen LogP contribution in [-0.4, -0.2) is 42.3 Å². The van der Waals surface area contributed by atoms with E-state index < -0.39 is 11.9 Å². The zero-order chi connectivity index (χ0) is 14.5. The normalized spacial score (nSPS) is 18.8. The number of piperidine rings is 1. The third-order valence-corrected chi connectivity index (χ3v) is 3.30. The van der Waals surface area contributed by atoms with Gasteiger partial charge in [0.2, 0.25) is 0 Å². The Kier molecular flexibility index (Phi) is 4.50. The van der Waals surface area contributed by atoms with Crippen LogP contribution >= 0.6 is 0 Å². The van der Waals surface area contributed by atoms with Crippen molar-refractivity contribution >= 4 is 17.7 Å². The van der Waals surface area contributed by atoms with Crippen molar-refractivity contribution in [2.75, 3.05) is 19.7 Å². The van der Waals surface area contributed by atoms with Crippen molar-refractivity contribution in [3.63, 3.8) is 0 Å². The van der Waals surface area contributed by atoms with Crippen molar-refractivity contribution in [1.82, 2.24) is 4.90 Å². The van der Waals surface area contributed by atoms with E-state index in [-0.39, 0.29) is 24.8 Å². The van der Waals surface area contributed by atoms with Gasteiger partial charge in [-0.25, -0.2) is 0 Å². The Morgan fingerprint density at radius 2 is 2.00 bits per heavy atom. The third-order valence-electron chi connectivity index (χ3n) is 3.30. The van der Waals surface area contributed by atoms with E-state index in [1.807, 2.05) is 6.07 Å². The zero-order valence-corrected chi connectivity index (χ0v) is 11.4. The van der Waals surface area contributed by atoms with Crippen LogP contribution in [0.5, 0.6) is 0 Å². The van der Waals surface area contributed by atoms with Gasteiger partial charge in [-0.05, 0) is 25.5 Å². The highest BCUT2D eigenvalue weighted by atomic mass is 16.5. The fraction of sp³-hybridized carbons (Fsp3) is 0.400. The Balaban J connectivity index is 2.01. The number of amides is 1. The summed E-state index contributed by atoms with van der Waals surface area (Å²) < 4.78 is 4.87. The lowest BCUT2D eigenvalue weighted by molar-refractivity contribution is -0.153. The molecule has 0 bridgehead atoms. The maximum absolute atomic E-state index is 12.2. The second kappa shape index (κ2) is 6.32. The molecule has 1 amide bonds. The van der Waals surface area contributed by atoms with E-state index in [2.05, 4.69) is 0 Å². The minimum Gasteiger partial charge on any atom is -0.465 e. The maximum Gasteiger partial charge on any atom is 0.316 e. The molecule has 1 aromatic rings. The second-order valence-corrected chi connectivity index (χ2v) is 4.65. The number of likely N-dealkylation sites (tertiary alicyclic amines) is 1. The number of nitrogens with zero attached hydrogens (tertiary/aromatic N) is 1. The molecular formula is C15H17NO4. The quantitative estimate of drug-likeness (QED) is 0.616. The van der Waals surface area contributed by atoms with Gasteiger partial charge in [-0.1, -0.05) is 18.2 Å². The number of carbonyl (C=O) groups excluding carboxylic acids is 3. The molecule has 1 atom stereocenters. The molecule has 0 spiro atoms. The highest BCUT2D eigenvalue weighted by Gasteiger charge is 2.35. The van der Waals surface area contributed by atoms with E-state index >= 15 is 0 Å². The number of benzene rings is 1. The monoisotopic (exact) mass is 275 g/mol. The van der Waals surface area contributed by atoms with Crippen LogP contribution in [0, 0.1) is 5.92 Å². The van der Waals surface area contributed by atoms with Gasteiger partial charge in [-0.3, -0.25) is 14.4 Å². The standard InChI is InChI=1S/C15H17NO4/c1-2-20-15(19)12-8-9-16(10-13(12)17)14(18)11-6-4-3-5-7-11/h3-7,12H,2,8-10H2,1H3. The molecule has 0 aromatic heterocycles.